The summed E-state index contributed by atoms with van der Waals surface area (Å²) in [5, 5.41) is 6.34. The molecule has 1 heterocycles. The molecule has 1 atom stereocenters. The van der Waals surface area contributed by atoms with Crippen LogP contribution in [0.4, 0.5) is 0 Å². The molecule has 4 nitrogen and oxygen atoms in total. The van der Waals surface area contributed by atoms with Gasteiger partial charge in [-0.15, -0.1) is 0 Å². The quantitative estimate of drug-likeness (QED) is 0.706. The Morgan fingerprint density at radius 1 is 1.16 bits per heavy atom. The van der Waals surface area contributed by atoms with Crippen molar-refractivity contribution >= 4 is 5.91 Å². The summed E-state index contributed by atoms with van der Waals surface area (Å²) >= 11 is 0. The second-order valence-corrected chi connectivity index (χ2v) is 5.60. The van der Waals surface area contributed by atoms with Gasteiger partial charge in [-0.2, -0.15) is 0 Å². The first-order chi connectivity index (χ1) is 8.93. The molecule has 108 valence electrons. The van der Waals surface area contributed by atoms with E-state index in [4.69, 9.17) is 0 Å². The maximum Gasteiger partial charge on any atom is 0.237 e. The molecule has 1 amide bonds. The van der Waals surface area contributed by atoms with Crippen molar-refractivity contribution in [1.29, 1.82) is 0 Å². The van der Waals surface area contributed by atoms with E-state index in [2.05, 4.69) is 36.4 Å². The first kappa shape index (κ1) is 15.8. The molecule has 1 aromatic heterocycles. The Balaban J connectivity index is 2.77. The largest absolute Gasteiger partial charge is 0.367 e. The number of hydrogen-bond donors (Lipinski definition) is 3. The van der Waals surface area contributed by atoms with Gasteiger partial charge >= 0.3 is 0 Å². The standard InChI is InChI=1S/C15H27N3O/c1-6-12-8-16-9-13(12)7-14(17-10(2)3)15(19)18-11(4)5/h8-11,14,16-17H,6-7H2,1-5H3,(H,18,19)/t14-/m0/s1. The summed E-state index contributed by atoms with van der Waals surface area (Å²) in [4.78, 5) is 15.4. The zero-order chi connectivity index (χ0) is 14.4. The van der Waals surface area contributed by atoms with Crippen molar-refractivity contribution in [1.82, 2.24) is 15.6 Å². The minimum atomic E-state index is -0.177. The van der Waals surface area contributed by atoms with Crippen molar-refractivity contribution in [3.05, 3.63) is 23.5 Å². The highest BCUT2D eigenvalue weighted by Crippen LogP contribution is 2.12. The molecular formula is C15H27N3O. The number of nitrogens with one attached hydrogen (secondary N) is 3. The fourth-order valence-electron chi connectivity index (χ4n) is 2.18. The van der Waals surface area contributed by atoms with E-state index >= 15 is 0 Å². The first-order valence-electron chi connectivity index (χ1n) is 7.15. The predicted molar refractivity (Wildman–Crippen MR) is 79.2 cm³/mol. The van der Waals surface area contributed by atoms with Crippen LogP contribution in [0.15, 0.2) is 12.4 Å². The molecule has 0 unspecified atom stereocenters. The molecule has 1 rings (SSSR count). The lowest BCUT2D eigenvalue weighted by atomic mass is 10.0. The fraction of sp³-hybridized carbons (Fsp3) is 0.667. The number of rotatable bonds is 7. The van der Waals surface area contributed by atoms with Gasteiger partial charge in [0.2, 0.25) is 5.91 Å². The maximum atomic E-state index is 12.2. The number of aromatic amines is 1. The van der Waals surface area contributed by atoms with Crippen molar-refractivity contribution in [3.8, 4) is 0 Å². The van der Waals surface area contributed by atoms with E-state index in [-0.39, 0.29) is 24.0 Å². The first-order valence-corrected chi connectivity index (χ1v) is 7.15. The summed E-state index contributed by atoms with van der Waals surface area (Å²) < 4.78 is 0. The van der Waals surface area contributed by atoms with Gasteiger partial charge in [-0.1, -0.05) is 20.8 Å². The summed E-state index contributed by atoms with van der Waals surface area (Å²) in [6, 6.07) is 0.274. The summed E-state index contributed by atoms with van der Waals surface area (Å²) in [6.45, 7) is 10.2. The van der Waals surface area contributed by atoms with Crippen molar-refractivity contribution < 1.29 is 4.79 Å². The average molecular weight is 265 g/mol. The Labute approximate surface area is 116 Å². The monoisotopic (exact) mass is 265 g/mol. The van der Waals surface area contributed by atoms with Crippen LogP contribution in [0.25, 0.3) is 0 Å². The lowest BCUT2D eigenvalue weighted by molar-refractivity contribution is -0.123. The Kier molecular flexibility index (Phi) is 6.09. The van der Waals surface area contributed by atoms with Gasteiger partial charge < -0.3 is 15.6 Å². The highest BCUT2D eigenvalue weighted by Gasteiger charge is 2.21. The number of aromatic nitrogens is 1. The van der Waals surface area contributed by atoms with E-state index in [0.717, 1.165) is 12.8 Å². The van der Waals surface area contributed by atoms with Gasteiger partial charge in [0, 0.05) is 24.5 Å². The van der Waals surface area contributed by atoms with Crippen molar-refractivity contribution in [2.24, 2.45) is 0 Å². The lowest BCUT2D eigenvalue weighted by Gasteiger charge is -2.22. The van der Waals surface area contributed by atoms with Gasteiger partial charge in [0.15, 0.2) is 0 Å². The number of amides is 1. The molecule has 0 aliphatic heterocycles. The third kappa shape index (κ3) is 5.07. The summed E-state index contributed by atoms with van der Waals surface area (Å²) in [6.07, 6.45) is 5.72. The van der Waals surface area contributed by atoms with Gasteiger partial charge in [-0.3, -0.25) is 4.79 Å². The Morgan fingerprint density at radius 2 is 1.79 bits per heavy atom. The molecule has 0 fully saturated rings. The van der Waals surface area contributed by atoms with Gasteiger partial charge in [-0.05, 0) is 37.8 Å². The SMILES string of the molecule is CCc1c[nH]cc1C[C@H](NC(C)C)C(=O)NC(C)C. The van der Waals surface area contributed by atoms with Crippen molar-refractivity contribution in [2.75, 3.05) is 0 Å². The number of aryl methyl sites for hydroxylation is 1. The minimum Gasteiger partial charge on any atom is -0.367 e. The fourth-order valence-corrected chi connectivity index (χ4v) is 2.18. The third-order valence-corrected chi connectivity index (χ3v) is 3.01. The smallest absolute Gasteiger partial charge is 0.237 e. The number of carbonyl (C=O) groups excluding carboxylic acids is 1. The Morgan fingerprint density at radius 3 is 2.32 bits per heavy atom. The topological polar surface area (TPSA) is 56.9 Å². The maximum absolute atomic E-state index is 12.2. The van der Waals surface area contributed by atoms with E-state index in [0.29, 0.717) is 0 Å². The van der Waals surface area contributed by atoms with E-state index in [1.807, 2.05) is 26.2 Å². The Hall–Kier alpha value is -1.29. The van der Waals surface area contributed by atoms with Crippen molar-refractivity contribution in [2.45, 2.75) is 65.6 Å². The normalized spacial score (nSPS) is 13.0. The predicted octanol–water partition coefficient (Wildman–Crippen LogP) is 2.01. The molecule has 0 aliphatic rings. The zero-order valence-corrected chi connectivity index (χ0v) is 12.7. The van der Waals surface area contributed by atoms with Crippen LogP contribution in [0.3, 0.4) is 0 Å². The summed E-state index contributed by atoms with van der Waals surface area (Å²) in [7, 11) is 0. The van der Waals surface area contributed by atoms with E-state index in [9.17, 15) is 4.79 Å². The zero-order valence-electron chi connectivity index (χ0n) is 12.7. The summed E-state index contributed by atoms with van der Waals surface area (Å²) in [5.74, 6) is 0.0759. The highest BCUT2D eigenvalue weighted by atomic mass is 16.2. The molecule has 0 radical (unpaired) electrons. The van der Waals surface area contributed by atoms with Crippen LogP contribution in [0, 0.1) is 0 Å². The molecule has 0 saturated carbocycles. The third-order valence-electron chi connectivity index (χ3n) is 3.01. The van der Waals surface area contributed by atoms with Crippen LogP contribution in [0.2, 0.25) is 0 Å². The molecule has 0 saturated heterocycles. The van der Waals surface area contributed by atoms with Gasteiger partial charge in [0.05, 0.1) is 6.04 Å². The molecule has 1 aromatic rings. The average Bonchev–Trinajstić information content (AvgIpc) is 2.73. The second-order valence-electron chi connectivity index (χ2n) is 5.60. The van der Waals surface area contributed by atoms with Crippen LogP contribution in [0.1, 0.15) is 45.7 Å². The van der Waals surface area contributed by atoms with Gasteiger partial charge in [0.25, 0.3) is 0 Å². The van der Waals surface area contributed by atoms with E-state index in [1.54, 1.807) is 0 Å². The molecule has 0 spiro atoms. The second kappa shape index (κ2) is 7.34. The molecule has 0 aliphatic carbocycles. The molecule has 0 aromatic carbocycles. The number of hydrogen-bond acceptors (Lipinski definition) is 2. The number of carbonyl (C=O) groups is 1. The van der Waals surface area contributed by atoms with Gasteiger partial charge in [0.1, 0.15) is 0 Å². The van der Waals surface area contributed by atoms with Gasteiger partial charge in [-0.25, -0.2) is 0 Å². The van der Waals surface area contributed by atoms with Crippen LogP contribution in [0.5, 0.6) is 0 Å². The van der Waals surface area contributed by atoms with Crippen LogP contribution in [-0.4, -0.2) is 29.0 Å². The number of H-pyrrole nitrogens is 1. The summed E-state index contributed by atoms with van der Waals surface area (Å²) in [5.41, 5.74) is 2.51. The molecule has 0 bridgehead atoms. The highest BCUT2D eigenvalue weighted by molar-refractivity contribution is 5.82. The van der Waals surface area contributed by atoms with Crippen LogP contribution in [-0.2, 0) is 17.6 Å². The molecular weight excluding hydrogens is 238 g/mol. The van der Waals surface area contributed by atoms with Crippen LogP contribution >= 0.6 is 0 Å². The Bertz CT molecular complexity index is 396. The van der Waals surface area contributed by atoms with E-state index in [1.165, 1.54) is 11.1 Å². The van der Waals surface area contributed by atoms with Crippen LogP contribution < -0.4 is 10.6 Å². The minimum absolute atomic E-state index is 0.0759. The molecule has 3 N–H and O–H groups in total. The van der Waals surface area contributed by atoms with Crippen molar-refractivity contribution in [3.63, 3.8) is 0 Å². The van der Waals surface area contributed by atoms with E-state index < -0.39 is 0 Å². The lowest BCUT2D eigenvalue weighted by Crippen LogP contribution is -2.49. The molecule has 19 heavy (non-hydrogen) atoms. The molecule has 4 heteroatoms.